The molecular weight excluding hydrogens is 272 g/mol. The van der Waals surface area contributed by atoms with Crippen LogP contribution in [0.15, 0.2) is 28.7 Å². The fourth-order valence-electron chi connectivity index (χ4n) is 1.06. The molecule has 0 amide bonds. The molecule has 0 saturated heterocycles. The number of hydrogen-bond donors (Lipinski definition) is 1. The van der Waals surface area contributed by atoms with Gasteiger partial charge in [-0.2, -0.15) is 0 Å². The van der Waals surface area contributed by atoms with Crippen LogP contribution in [0.4, 0.5) is 0 Å². The number of benzene rings is 1. The minimum Gasteiger partial charge on any atom is -0.480 e. The van der Waals surface area contributed by atoms with Crippen molar-refractivity contribution >= 4 is 28.0 Å². The first kappa shape index (κ1) is 12.3. The Morgan fingerprint density at radius 2 is 2.38 bits per heavy atom. The molecule has 0 spiro atoms. The van der Waals surface area contributed by atoms with Gasteiger partial charge in [-0.3, -0.25) is 0 Å². The van der Waals surface area contributed by atoms with E-state index in [-0.39, 0.29) is 6.61 Å². The standard InChI is InChI=1S/C12H9BrO3/c1-2-7-16-11-5-4-10(13)8-9(11)3-6-12(14)15/h1,3-6,8H,7H2,(H,14,15)/b6-3+. The first-order chi connectivity index (χ1) is 7.63. The average Bonchev–Trinajstić information content (AvgIpc) is 2.25. The van der Waals surface area contributed by atoms with Gasteiger partial charge in [0.25, 0.3) is 0 Å². The second-order valence-electron chi connectivity index (χ2n) is 2.85. The molecule has 0 fully saturated rings. The van der Waals surface area contributed by atoms with Crippen LogP contribution in [0.2, 0.25) is 0 Å². The number of carboxylic acid groups (broad SMARTS) is 1. The number of rotatable bonds is 4. The number of carboxylic acids is 1. The maximum Gasteiger partial charge on any atom is 0.328 e. The lowest BCUT2D eigenvalue weighted by atomic mass is 10.2. The Kier molecular flexibility index (Phi) is 4.62. The highest BCUT2D eigenvalue weighted by atomic mass is 79.9. The lowest BCUT2D eigenvalue weighted by molar-refractivity contribution is -0.131. The Morgan fingerprint density at radius 3 is 3.00 bits per heavy atom. The molecule has 16 heavy (non-hydrogen) atoms. The van der Waals surface area contributed by atoms with Crippen LogP contribution < -0.4 is 4.74 Å². The summed E-state index contributed by atoms with van der Waals surface area (Å²) in [5.41, 5.74) is 0.659. The molecule has 0 aliphatic carbocycles. The van der Waals surface area contributed by atoms with Crippen LogP contribution in [0.1, 0.15) is 5.56 Å². The second kappa shape index (κ2) is 5.99. The van der Waals surface area contributed by atoms with Crippen molar-refractivity contribution in [2.24, 2.45) is 0 Å². The third-order valence-electron chi connectivity index (χ3n) is 1.69. The largest absolute Gasteiger partial charge is 0.480 e. The molecule has 0 aliphatic rings. The van der Waals surface area contributed by atoms with Crippen LogP contribution in [0.3, 0.4) is 0 Å². The van der Waals surface area contributed by atoms with Gasteiger partial charge >= 0.3 is 5.97 Å². The fraction of sp³-hybridized carbons (Fsp3) is 0.0833. The Hall–Kier alpha value is -1.73. The number of carbonyl (C=O) groups is 1. The zero-order chi connectivity index (χ0) is 12.0. The van der Waals surface area contributed by atoms with Crippen LogP contribution in [-0.2, 0) is 4.79 Å². The van der Waals surface area contributed by atoms with Gasteiger partial charge in [0.15, 0.2) is 0 Å². The van der Waals surface area contributed by atoms with Gasteiger partial charge in [0.05, 0.1) is 0 Å². The highest BCUT2D eigenvalue weighted by molar-refractivity contribution is 9.10. The second-order valence-corrected chi connectivity index (χ2v) is 3.76. The molecule has 0 radical (unpaired) electrons. The third-order valence-corrected chi connectivity index (χ3v) is 2.18. The van der Waals surface area contributed by atoms with Gasteiger partial charge < -0.3 is 9.84 Å². The van der Waals surface area contributed by atoms with Gasteiger partial charge in [-0.15, -0.1) is 6.42 Å². The summed E-state index contributed by atoms with van der Waals surface area (Å²) in [6, 6.07) is 5.28. The van der Waals surface area contributed by atoms with Crippen molar-refractivity contribution in [1.29, 1.82) is 0 Å². The summed E-state index contributed by atoms with van der Waals surface area (Å²) in [6.45, 7) is 0.148. The first-order valence-electron chi connectivity index (χ1n) is 4.40. The Morgan fingerprint density at radius 1 is 1.62 bits per heavy atom. The monoisotopic (exact) mass is 280 g/mol. The first-order valence-corrected chi connectivity index (χ1v) is 5.19. The molecule has 1 N–H and O–H groups in total. The predicted octanol–water partition coefficient (Wildman–Crippen LogP) is 2.56. The molecule has 1 rings (SSSR count). The van der Waals surface area contributed by atoms with Crippen LogP contribution in [0.5, 0.6) is 5.75 Å². The van der Waals surface area contributed by atoms with Gasteiger partial charge in [-0.25, -0.2) is 4.79 Å². The van der Waals surface area contributed by atoms with E-state index < -0.39 is 5.97 Å². The molecule has 1 aromatic rings. The summed E-state index contributed by atoms with van der Waals surface area (Å²) in [5.74, 6) is 1.89. The molecule has 0 heterocycles. The molecule has 0 atom stereocenters. The fourth-order valence-corrected chi connectivity index (χ4v) is 1.44. The Bertz CT molecular complexity index is 458. The third kappa shape index (κ3) is 3.79. The topological polar surface area (TPSA) is 46.5 Å². The van der Waals surface area contributed by atoms with Gasteiger partial charge in [-0.1, -0.05) is 21.9 Å². The minimum absolute atomic E-state index is 0.148. The molecule has 0 unspecified atom stereocenters. The molecule has 0 saturated carbocycles. The summed E-state index contributed by atoms with van der Waals surface area (Å²) in [5, 5.41) is 8.54. The number of halogens is 1. The van der Waals surface area contributed by atoms with Gasteiger partial charge in [0.2, 0.25) is 0 Å². The van der Waals surface area contributed by atoms with E-state index >= 15 is 0 Å². The highest BCUT2D eigenvalue weighted by Crippen LogP contribution is 2.24. The zero-order valence-electron chi connectivity index (χ0n) is 8.31. The number of aliphatic carboxylic acids is 1. The van der Waals surface area contributed by atoms with Crippen LogP contribution in [0.25, 0.3) is 6.08 Å². The predicted molar refractivity (Wildman–Crippen MR) is 65.1 cm³/mol. The van der Waals surface area contributed by atoms with E-state index in [0.29, 0.717) is 11.3 Å². The van der Waals surface area contributed by atoms with Crippen molar-refractivity contribution in [3.05, 3.63) is 34.3 Å². The maximum absolute atomic E-state index is 10.4. The van der Waals surface area contributed by atoms with Crippen molar-refractivity contribution in [2.75, 3.05) is 6.61 Å². The van der Waals surface area contributed by atoms with E-state index in [4.69, 9.17) is 16.3 Å². The van der Waals surface area contributed by atoms with Crippen LogP contribution in [-0.4, -0.2) is 17.7 Å². The van der Waals surface area contributed by atoms with Crippen molar-refractivity contribution in [1.82, 2.24) is 0 Å². The lowest BCUT2D eigenvalue weighted by Gasteiger charge is -2.06. The van der Waals surface area contributed by atoms with Crippen molar-refractivity contribution in [3.63, 3.8) is 0 Å². The van der Waals surface area contributed by atoms with E-state index in [2.05, 4.69) is 21.9 Å². The van der Waals surface area contributed by atoms with Gasteiger partial charge in [0, 0.05) is 16.1 Å². The molecule has 82 valence electrons. The van der Waals surface area contributed by atoms with E-state index in [0.717, 1.165) is 10.5 Å². The van der Waals surface area contributed by atoms with Gasteiger partial charge in [-0.05, 0) is 24.3 Å². The van der Waals surface area contributed by atoms with Crippen molar-refractivity contribution in [3.8, 4) is 18.1 Å². The van der Waals surface area contributed by atoms with E-state index in [1.54, 1.807) is 18.2 Å². The lowest BCUT2D eigenvalue weighted by Crippen LogP contribution is -1.96. The van der Waals surface area contributed by atoms with E-state index in [1.807, 2.05) is 0 Å². The SMILES string of the molecule is C#CCOc1ccc(Br)cc1/C=C/C(=O)O. The van der Waals surface area contributed by atoms with Crippen molar-refractivity contribution < 1.29 is 14.6 Å². The zero-order valence-corrected chi connectivity index (χ0v) is 9.90. The molecule has 0 bridgehead atoms. The normalized spacial score (nSPS) is 10.0. The van der Waals surface area contributed by atoms with Crippen LogP contribution in [0, 0.1) is 12.3 Å². The van der Waals surface area contributed by atoms with Gasteiger partial charge in [0.1, 0.15) is 12.4 Å². The molecule has 0 aromatic heterocycles. The molecular formula is C12H9BrO3. The summed E-state index contributed by atoms with van der Waals surface area (Å²) in [7, 11) is 0. The summed E-state index contributed by atoms with van der Waals surface area (Å²) in [4.78, 5) is 10.4. The number of terminal acetylenes is 1. The molecule has 1 aromatic carbocycles. The summed E-state index contributed by atoms with van der Waals surface area (Å²) >= 11 is 3.29. The van der Waals surface area contributed by atoms with Crippen molar-refractivity contribution in [2.45, 2.75) is 0 Å². The number of ether oxygens (including phenoxy) is 1. The Balaban J connectivity index is 2.99. The smallest absolute Gasteiger partial charge is 0.328 e. The van der Waals surface area contributed by atoms with E-state index in [1.165, 1.54) is 6.08 Å². The van der Waals surface area contributed by atoms with E-state index in [9.17, 15) is 4.79 Å². The van der Waals surface area contributed by atoms with Crippen LogP contribution >= 0.6 is 15.9 Å². The molecule has 4 heteroatoms. The average molecular weight is 281 g/mol. The molecule has 3 nitrogen and oxygen atoms in total. The summed E-state index contributed by atoms with van der Waals surface area (Å²) < 4.78 is 6.11. The minimum atomic E-state index is -1.01. The highest BCUT2D eigenvalue weighted by Gasteiger charge is 2.01. The molecule has 0 aliphatic heterocycles. The summed E-state index contributed by atoms with van der Waals surface area (Å²) in [6.07, 6.45) is 7.59. The maximum atomic E-state index is 10.4. The Labute approximate surface area is 102 Å². The number of hydrogen-bond acceptors (Lipinski definition) is 2. The quantitative estimate of drug-likeness (QED) is 0.681.